The molecule has 0 unspecified atom stereocenters. The van der Waals surface area contributed by atoms with Crippen LogP contribution in [0.1, 0.15) is 4.88 Å². The van der Waals surface area contributed by atoms with E-state index in [1.165, 1.54) is 6.07 Å². The number of thiophene rings is 1. The fourth-order valence-corrected chi connectivity index (χ4v) is 2.09. The molecule has 2 N–H and O–H groups in total. The second-order valence-electron chi connectivity index (χ2n) is 3.69. The van der Waals surface area contributed by atoms with E-state index in [-0.39, 0.29) is 18.3 Å². The Morgan fingerprint density at radius 2 is 2.06 bits per heavy atom. The normalized spacial score (nSPS) is 10.1. The Kier molecular flexibility index (Phi) is 4.30. The number of halogens is 1. The van der Waals surface area contributed by atoms with Gasteiger partial charge in [0, 0.05) is 4.88 Å². The van der Waals surface area contributed by atoms with Gasteiger partial charge in [-0.05, 0) is 23.6 Å². The summed E-state index contributed by atoms with van der Waals surface area (Å²) in [5.74, 6) is -0.518. The summed E-state index contributed by atoms with van der Waals surface area (Å²) in [5, 5.41) is 7.48. The largest absolute Gasteiger partial charge is 0.374 e. The van der Waals surface area contributed by atoms with E-state index in [1.54, 1.807) is 29.5 Å². The maximum atomic E-state index is 13.3. The molecule has 1 heterocycles. The van der Waals surface area contributed by atoms with Crippen molar-refractivity contribution < 1.29 is 9.18 Å². The van der Waals surface area contributed by atoms with Crippen LogP contribution in [0.25, 0.3) is 0 Å². The lowest BCUT2D eigenvalue weighted by Crippen LogP contribution is -2.29. The summed E-state index contributed by atoms with van der Waals surface area (Å²) in [4.78, 5) is 12.6. The van der Waals surface area contributed by atoms with Gasteiger partial charge < -0.3 is 10.6 Å². The van der Waals surface area contributed by atoms with E-state index in [4.69, 9.17) is 0 Å². The van der Waals surface area contributed by atoms with Crippen molar-refractivity contribution in [2.45, 2.75) is 6.54 Å². The van der Waals surface area contributed by atoms with Crippen molar-refractivity contribution in [1.29, 1.82) is 0 Å². The van der Waals surface area contributed by atoms with Gasteiger partial charge in [0.25, 0.3) is 0 Å². The number of amides is 1. The van der Waals surface area contributed by atoms with E-state index in [9.17, 15) is 9.18 Å². The number of carbonyl (C=O) groups is 1. The van der Waals surface area contributed by atoms with Crippen LogP contribution >= 0.6 is 11.3 Å². The molecule has 0 aliphatic carbocycles. The standard InChI is InChI=1S/C13H13FN2OS/c14-11-5-1-2-6-12(11)15-9-13(17)16-8-10-4-3-7-18-10/h1-7,15H,8-9H2,(H,16,17). The van der Waals surface area contributed by atoms with Crippen LogP contribution in [0.15, 0.2) is 41.8 Å². The molecule has 1 amide bonds. The van der Waals surface area contributed by atoms with E-state index in [0.717, 1.165) is 4.88 Å². The van der Waals surface area contributed by atoms with Crippen LogP contribution < -0.4 is 10.6 Å². The highest BCUT2D eigenvalue weighted by atomic mass is 32.1. The summed E-state index contributed by atoms with van der Waals surface area (Å²) in [6.07, 6.45) is 0. The Morgan fingerprint density at radius 3 is 2.78 bits per heavy atom. The second kappa shape index (κ2) is 6.16. The fourth-order valence-electron chi connectivity index (χ4n) is 1.44. The van der Waals surface area contributed by atoms with Gasteiger partial charge in [-0.2, -0.15) is 0 Å². The number of benzene rings is 1. The Morgan fingerprint density at radius 1 is 1.22 bits per heavy atom. The van der Waals surface area contributed by atoms with E-state index >= 15 is 0 Å². The maximum Gasteiger partial charge on any atom is 0.239 e. The van der Waals surface area contributed by atoms with Gasteiger partial charge in [0.05, 0.1) is 18.8 Å². The van der Waals surface area contributed by atoms with E-state index in [2.05, 4.69) is 10.6 Å². The first-order valence-corrected chi connectivity index (χ1v) is 6.41. The Bertz CT molecular complexity index is 513. The summed E-state index contributed by atoms with van der Waals surface area (Å²) < 4.78 is 13.3. The molecule has 0 aliphatic heterocycles. The molecule has 18 heavy (non-hydrogen) atoms. The van der Waals surface area contributed by atoms with Crippen LogP contribution in [0.5, 0.6) is 0 Å². The van der Waals surface area contributed by atoms with Crippen LogP contribution in [0.2, 0.25) is 0 Å². The minimum absolute atomic E-state index is 0.0618. The average Bonchev–Trinajstić information content (AvgIpc) is 2.88. The molecule has 1 aromatic carbocycles. The van der Waals surface area contributed by atoms with Crippen molar-refractivity contribution in [3.05, 3.63) is 52.5 Å². The molecule has 0 bridgehead atoms. The molecular weight excluding hydrogens is 251 g/mol. The number of para-hydroxylation sites is 1. The highest BCUT2D eigenvalue weighted by molar-refractivity contribution is 7.09. The maximum absolute atomic E-state index is 13.3. The number of nitrogens with one attached hydrogen (secondary N) is 2. The number of carbonyl (C=O) groups excluding carboxylic acids is 1. The van der Waals surface area contributed by atoms with Crippen LogP contribution in [0.4, 0.5) is 10.1 Å². The lowest BCUT2D eigenvalue weighted by atomic mass is 10.3. The van der Waals surface area contributed by atoms with Gasteiger partial charge in [0.2, 0.25) is 5.91 Å². The first kappa shape index (κ1) is 12.6. The zero-order chi connectivity index (χ0) is 12.8. The quantitative estimate of drug-likeness (QED) is 0.871. The molecule has 94 valence electrons. The summed E-state index contributed by atoms with van der Waals surface area (Å²) >= 11 is 1.59. The van der Waals surface area contributed by atoms with Crippen LogP contribution in [0, 0.1) is 5.82 Å². The minimum atomic E-state index is -0.358. The van der Waals surface area contributed by atoms with E-state index in [1.807, 2.05) is 17.5 Å². The Balaban J connectivity index is 1.77. The molecule has 2 aromatic rings. The Hall–Kier alpha value is -1.88. The first-order chi connectivity index (χ1) is 8.75. The monoisotopic (exact) mass is 264 g/mol. The SMILES string of the molecule is O=C(CNc1ccccc1F)NCc1cccs1. The van der Waals surface area contributed by atoms with Crippen LogP contribution in [-0.2, 0) is 11.3 Å². The van der Waals surface area contributed by atoms with Crippen molar-refractivity contribution in [1.82, 2.24) is 5.32 Å². The smallest absolute Gasteiger partial charge is 0.239 e. The number of rotatable bonds is 5. The molecule has 0 radical (unpaired) electrons. The lowest BCUT2D eigenvalue weighted by Gasteiger charge is -2.07. The third-order valence-corrected chi connectivity index (χ3v) is 3.23. The molecular formula is C13H13FN2OS. The van der Waals surface area contributed by atoms with Crippen LogP contribution in [0.3, 0.4) is 0 Å². The zero-order valence-corrected chi connectivity index (χ0v) is 10.5. The van der Waals surface area contributed by atoms with Gasteiger partial charge in [0.1, 0.15) is 5.82 Å². The third kappa shape index (κ3) is 3.56. The highest BCUT2D eigenvalue weighted by Crippen LogP contribution is 2.11. The van der Waals surface area contributed by atoms with Gasteiger partial charge in [-0.15, -0.1) is 11.3 Å². The van der Waals surface area contributed by atoms with Crippen molar-refractivity contribution >= 4 is 22.9 Å². The summed E-state index contributed by atoms with van der Waals surface area (Å²) in [6.45, 7) is 0.571. The second-order valence-corrected chi connectivity index (χ2v) is 4.72. The van der Waals surface area contributed by atoms with Crippen molar-refractivity contribution in [2.75, 3.05) is 11.9 Å². The highest BCUT2D eigenvalue weighted by Gasteiger charge is 2.04. The lowest BCUT2D eigenvalue weighted by molar-refractivity contribution is -0.119. The molecule has 0 saturated heterocycles. The van der Waals surface area contributed by atoms with Gasteiger partial charge >= 0.3 is 0 Å². The van der Waals surface area contributed by atoms with Crippen molar-refractivity contribution in [3.8, 4) is 0 Å². The van der Waals surface area contributed by atoms with Gasteiger partial charge in [-0.25, -0.2) is 4.39 Å². The molecule has 2 rings (SSSR count). The number of hydrogen-bond donors (Lipinski definition) is 2. The van der Waals surface area contributed by atoms with Crippen molar-refractivity contribution in [2.24, 2.45) is 0 Å². The predicted octanol–water partition coefficient (Wildman–Crippen LogP) is 2.62. The summed E-state index contributed by atoms with van der Waals surface area (Å²) in [6, 6.07) is 10.2. The molecule has 0 fully saturated rings. The van der Waals surface area contributed by atoms with Gasteiger partial charge in [-0.3, -0.25) is 4.79 Å². The zero-order valence-electron chi connectivity index (χ0n) is 9.65. The third-order valence-electron chi connectivity index (χ3n) is 2.35. The molecule has 0 saturated carbocycles. The molecule has 5 heteroatoms. The summed E-state index contributed by atoms with van der Waals surface area (Å²) in [5.41, 5.74) is 0.337. The first-order valence-electron chi connectivity index (χ1n) is 5.53. The van der Waals surface area contributed by atoms with Gasteiger partial charge in [0.15, 0.2) is 0 Å². The molecule has 0 spiro atoms. The molecule has 3 nitrogen and oxygen atoms in total. The fraction of sp³-hybridized carbons (Fsp3) is 0.154. The van der Waals surface area contributed by atoms with Crippen LogP contribution in [-0.4, -0.2) is 12.5 Å². The molecule has 0 aliphatic rings. The predicted molar refractivity (Wildman–Crippen MR) is 71.1 cm³/mol. The number of anilines is 1. The minimum Gasteiger partial charge on any atom is -0.374 e. The van der Waals surface area contributed by atoms with E-state index in [0.29, 0.717) is 12.2 Å². The topological polar surface area (TPSA) is 41.1 Å². The van der Waals surface area contributed by atoms with Crippen molar-refractivity contribution in [3.63, 3.8) is 0 Å². The van der Waals surface area contributed by atoms with Gasteiger partial charge in [-0.1, -0.05) is 18.2 Å². The number of hydrogen-bond acceptors (Lipinski definition) is 3. The molecule has 0 atom stereocenters. The Labute approximate surface area is 109 Å². The summed E-state index contributed by atoms with van der Waals surface area (Å²) in [7, 11) is 0. The molecule has 1 aromatic heterocycles. The van der Waals surface area contributed by atoms with E-state index < -0.39 is 0 Å². The average molecular weight is 264 g/mol.